The first kappa shape index (κ1) is 14.2. The van der Waals surface area contributed by atoms with Crippen molar-refractivity contribution >= 4 is 5.69 Å². The second kappa shape index (κ2) is 6.34. The molecule has 0 unspecified atom stereocenters. The summed E-state index contributed by atoms with van der Waals surface area (Å²) in [5, 5.41) is 3.59. The molecule has 0 aromatic heterocycles. The Balaban J connectivity index is 1.96. The Hall–Kier alpha value is -1.76. The van der Waals surface area contributed by atoms with Gasteiger partial charge in [0, 0.05) is 12.2 Å². The summed E-state index contributed by atoms with van der Waals surface area (Å²) in [5.74, 6) is 0. The monoisotopic (exact) mass is 279 g/mol. The molecule has 0 fully saturated rings. The third-order valence-electron chi connectivity index (χ3n) is 4.62. The predicted molar refractivity (Wildman–Crippen MR) is 92.0 cm³/mol. The molecule has 1 N–H and O–H groups in total. The van der Waals surface area contributed by atoms with E-state index >= 15 is 0 Å². The first-order chi connectivity index (χ1) is 10.3. The lowest BCUT2D eigenvalue weighted by atomic mass is 9.93. The van der Waals surface area contributed by atoms with Crippen LogP contribution in [0.4, 0.5) is 5.69 Å². The van der Waals surface area contributed by atoms with Gasteiger partial charge in [0.1, 0.15) is 0 Å². The van der Waals surface area contributed by atoms with Crippen molar-refractivity contribution < 1.29 is 0 Å². The van der Waals surface area contributed by atoms with Crippen LogP contribution in [-0.2, 0) is 12.8 Å². The minimum atomic E-state index is 1.06. The molecule has 0 saturated carbocycles. The largest absolute Gasteiger partial charge is 0.385 e. The molecule has 0 heterocycles. The van der Waals surface area contributed by atoms with Crippen molar-refractivity contribution in [3.63, 3.8) is 0 Å². The second-order valence-corrected chi connectivity index (χ2v) is 6.06. The number of fused-ring (bicyclic) bond motifs is 1. The van der Waals surface area contributed by atoms with Crippen molar-refractivity contribution in [3.8, 4) is 11.1 Å². The Bertz CT molecular complexity index is 628. The van der Waals surface area contributed by atoms with Crippen molar-refractivity contribution in [2.75, 3.05) is 11.9 Å². The summed E-state index contributed by atoms with van der Waals surface area (Å²) in [6.45, 7) is 5.55. The highest BCUT2D eigenvalue weighted by atomic mass is 14.9. The van der Waals surface area contributed by atoms with Crippen LogP contribution in [0.3, 0.4) is 0 Å². The Morgan fingerprint density at radius 1 is 1.00 bits per heavy atom. The van der Waals surface area contributed by atoms with E-state index in [-0.39, 0.29) is 0 Å². The van der Waals surface area contributed by atoms with Crippen LogP contribution in [0.1, 0.15) is 42.9 Å². The molecule has 1 heteroatoms. The zero-order chi connectivity index (χ0) is 14.7. The molecule has 2 aromatic rings. The number of hydrogen-bond donors (Lipinski definition) is 1. The molecule has 0 aliphatic heterocycles. The summed E-state index contributed by atoms with van der Waals surface area (Å²) in [4.78, 5) is 0. The van der Waals surface area contributed by atoms with Crippen molar-refractivity contribution in [3.05, 3.63) is 53.1 Å². The van der Waals surface area contributed by atoms with E-state index in [0.717, 1.165) is 6.54 Å². The van der Waals surface area contributed by atoms with E-state index in [1.807, 2.05) is 0 Å². The van der Waals surface area contributed by atoms with E-state index in [9.17, 15) is 0 Å². The Morgan fingerprint density at radius 2 is 1.81 bits per heavy atom. The minimum Gasteiger partial charge on any atom is -0.385 e. The van der Waals surface area contributed by atoms with E-state index in [1.165, 1.54) is 54.5 Å². The van der Waals surface area contributed by atoms with Crippen LogP contribution in [-0.4, -0.2) is 6.54 Å². The third-order valence-corrected chi connectivity index (χ3v) is 4.62. The van der Waals surface area contributed by atoms with Gasteiger partial charge in [-0.05, 0) is 66.5 Å². The van der Waals surface area contributed by atoms with Crippen LogP contribution in [0.5, 0.6) is 0 Å². The van der Waals surface area contributed by atoms with Crippen molar-refractivity contribution in [2.45, 2.75) is 46.0 Å². The molecule has 1 aliphatic rings. The SMILES string of the molecule is CCCCNc1cccc(-c2cccc3c2CCC3)c1C. The average Bonchev–Trinajstić information content (AvgIpc) is 2.98. The smallest absolute Gasteiger partial charge is 0.0376 e. The van der Waals surface area contributed by atoms with Gasteiger partial charge in [0.15, 0.2) is 0 Å². The van der Waals surface area contributed by atoms with Crippen molar-refractivity contribution in [1.82, 2.24) is 0 Å². The highest BCUT2D eigenvalue weighted by molar-refractivity contribution is 5.77. The van der Waals surface area contributed by atoms with Gasteiger partial charge in [-0.25, -0.2) is 0 Å². The van der Waals surface area contributed by atoms with Gasteiger partial charge >= 0.3 is 0 Å². The molecule has 21 heavy (non-hydrogen) atoms. The maximum atomic E-state index is 3.59. The number of nitrogens with one attached hydrogen (secondary N) is 1. The van der Waals surface area contributed by atoms with E-state index < -0.39 is 0 Å². The van der Waals surface area contributed by atoms with Gasteiger partial charge < -0.3 is 5.32 Å². The third kappa shape index (κ3) is 2.83. The predicted octanol–water partition coefficient (Wildman–Crippen LogP) is 5.36. The molecule has 0 spiro atoms. The summed E-state index contributed by atoms with van der Waals surface area (Å²) >= 11 is 0. The zero-order valence-corrected chi connectivity index (χ0v) is 13.2. The number of rotatable bonds is 5. The summed E-state index contributed by atoms with van der Waals surface area (Å²) in [5.41, 5.74) is 8.64. The van der Waals surface area contributed by atoms with E-state index in [0.29, 0.717) is 0 Å². The molecule has 1 aliphatic carbocycles. The minimum absolute atomic E-state index is 1.06. The van der Waals surface area contributed by atoms with E-state index in [1.54, 1.807) is 11.1 Å². The lowest BCUT2D eigenvalue weighted by Crippen LogP contribution is -2.03. The topological polar surface area (TPSA) is 12.0 Å². The number of unbranched alkanes of at least 4 members (excludes halogenated alkanes) is 1. The Kier molecular flexibility index (Phi) is 4.28. The van der Waals surface area contributed by atoms with Gasteiger partial charge in [-0.3, -0.25) is 0 Å². The number of aryl methyl sites for hydroxylation is 1. The zero-order valence-electron chi connectivity index (χ0n) is 13.2. The Morgan fingerprint density at radius 3 is 2.67 bits per heavy atom. The van der Waals surface area contributed by atoms with E-state index in [4.69, 9.17) is 0 Å². The molecule has 2 aromatic carbocycles. The standard InChI is InChI=1S/C20H25N/c1-3-4-14-21-20-13-7-10-17(15(20)2)19-12-6-9-16-8-5-11-18(16)19/h6-7,9-10,12-13,21H,3-5,8,11,14H2,1-2H3. The van der Waals surface area contributed by atoms with Gasteiger partial charge in [0.25, 0.3) is 0 Å². The number of anilines is 1. The van der Waals surface area contributed by atoms with Crippen LogP contribution in [0, 0.1) is 6.92 Å². The van der Waals surface area contributed by atoms with Gasteiger partial charge in [0.05, 0.1) is 0 Å². The molecule has 110 valence electrons. The van der Waals surface area contributed by atoms with Gasteiger partial charge in [-0.1, -0.05) is 43.7 Å². The molecule has 0 atom stereocenters. The van der Waals surface area contributed by atoms with Gasteiger partial charge in [0.2, 0.25) is 0 Å². The number of hydrogen-bond acceptors (Lipinski definition) is 1. The molecule has 0 saturated heterocycles. The highest BCUT2D eigenvalue weighted by Gasteiger charge is 2.16. The molecule has 3 rings (SSSR count). The van der Waals surface area contributed by atoms with Crippen molar-refractivity contribution in [1.29, 1.82) is 0 Å². The van der Waals surface area contributed by atoms with Gasteiger partial charge in [-0.15, -0.1) is 0 Å². The van der Waals surface area contributed by atoms with Gasteiger partial charge in [-0.2, -0.15) is 0 Å². The van der Waals surface area contributed by atoms with Crippen LogP contribution < -0.4 is 5.32 Å². The van der Waals surface area contributed by atoms with Crippen LogP contribution >= 0.6 is 0 Å². The first-order valence-corrected chi connectivity index (χ1v) is 8.26. The molecule has 0 radical (unpaired) electrons. The fourth-order valence-corrected chi connectivity index (χ4v) is 3.39. The molecular weight excluding hydrogens is 254 g/mol. The lowest BCUT2D eigenvalue weighted by molar-refractivity contribution is 0.834. The highest BCUT2D eigenvalue weighted by Crippen LogP contribution is 2.35. The fraction of sp³-hybridized carbons (Fsp3) is 0.400. The fourth-order valence-electron chi connectivity index (χ4n) is 3.39. The summed E-state index contributed by atoms with van der Waals surface area (Å²) in [6.07, 6.45) is 6.25. The quantitative estimate of drug-likeness (QED) is 0.726. The normalized spacial score (nSPS) is 13.2. The summed E-state index contributed by atoms with van der Waals surface area (Å²) in [7, 11) is 0. The van der Waals surface area contributed by atoms with Crippen LogP contribution in [0.2, 0.25) is 0 Å². The summed E-state index contributed by atoms with van der Waals surface area (Å²) in [6, 6.07) is 13.5. The second-order valence-electron chi connectivity index (χ2n) is 6.06. The van der Waals surface area contributed by atoms with Crippen LogP contribution in [0.15, 0.2) is 36.4 Å². The lowest BCUT2D eigenvalue weighted by Gasteiger charge is -2.16. The number of benzene rings is 2. The van der Waals surface area contributed by atoms with Crippen LogP contribution in [0.25, 0.3) is 11.1 Å². The average molecular weight is 279 g/mol. The molecular formula is C20H25N. The first-order valence-electron chi connectivity index (χ1n) is 8.26. The summed E-state index contributed by atoms with van der Waals surface area (Å²) < 4.78 is 0. The van der Waals surface area contributed by atoms with E-state index in [2.05, 4.69) is 55.6 Å². The maximum Gasteiger partial charge on any atom is 0.0376 e. The molecule has 0 amide bonds. The molecule has 0 bridgehead atoms. The van der Waals surface area contributed by atoms with Crippen molar-refractivity contribution in [2.24, 2.45) is 0 Å². The Labute approximate surface area is 128 Å². The molecule has 1 nitrogen and oxygen atoms in total. The maximum absolute atomic E-state index is 3.59.